The van der Waals surface area contributed by atoms with Crippen LogP contribution in [0, 0.1) is 5.92 Å². The summed E-state index contributed by atoms with van der Waals surface area (Å²) in [5, 5.41) is 0. The van der Waals surface area contributed by atoms with E-state index in [2.05, 4.69) is 321 Å². The van der Waals surface area contributed by atoms with Gasteiger partial charge in [-0.25, -0.2) is 0 Å². The number of nitrogens with zero attached hydrogens (tertiary/aromatic N) is 22. The van der Waals surface area contributed by atoms with Crippen molar-refractivity contribution < 1.29 is 0 Å². The zero-order valence-corrected chi connectivity index (χ0v) is 89.0. The van der Waals surface area contributed by atoms with Crippen molar-refractivity contribution in [2.75, 3.05) is 129 Å². The first-order chi connectivity index (χ1) is 58.5. The number of anilines is 7. The van der Waals surface area contributed by atoms with Crippen LogP contribution < -0.4 is 34.3 Å². The van der Waals surface area contributed by atoms with Crippen LogP contribution in [0.25, 0.3) is 0 Å². The Labute approximate surface area is 774 Å². The monoisotopic (exact) mass is 1750 g/mol. The molecule has 9 rings (SSSR count). The summed E-state index contributed by atoms with van der Waals surface area (Å²) in [6.45, 7) is 79.1. The maximum absolute atomic E-state index is 5.88. The molecule has 0 radical (unpaired) electrons. The fourth-order valence-corrected chi connectivity index (χ4v) is 24.4. The molecule has 0 atom stereocenters. The first kappa shape index (κ1) is 105. The molecule has 0 N–H and O–H groups in total. The standard InChI is InChI=1S/C104H196N22/c1-38-44-58-121(78-64-93(7,8)115(32)94(9,10)65-78)87-105-84(106-88(111-87)122(59-45-39-2)79-66-95(11,12)116(33)96(13,14)67-79)56-52-50-54-77(76-114(31)86-109-91(125(62-48-42-5)82-72-101(23,24)119(36)102(25,26)73-82)113-92(110-86)126(63-49-43-6)83-74-103(27,28)120(37)104(29,30)75-83)55-51-53-57-85-107-89(123(60-46-40-3)80-68-97(15,16)117(34)98(17,18)69-80)112-90(108-85)124(61-47-41-4)81-70-99(19,20)118(35)100(21,22)71-81/h77-83H,38-76H2,1-37H3. The number of hydrogen-bond acceptors (Lipinski definition) is 22. The number of aryl methyl sites for hydroxylation is 2. The number of rotatable bonds is 43. The van der Waals surface area contributed by atoms with Crippen molar-refractivity contribution in [1.82, 2.24) is 74.3 Å². The second-order valence-electron chi connectivity index (χ2n) is 48.9. The molecule has 126 heavy (non-hydrogen) atoms. The summed E-state index contributed by atoms with van der Waals surface area (Å²) in [7, 11) is 16.4. The summed E-state index contributed by atoms with van der Waals surface area (Å²) < 4.78 is 0. The number of hydrogen-bond donors (Lipinski definition) is 0. The molecule has 722 valence electrons. The number of unbranched alkanes of at least 4 members (excludes halogenated alkanes) is 8. The maximum Gasteiger partial charge on any atom is 0.232 e. The smallest absolute Gasteiger partial charge is 0.232 e. The van der Waals surface area contributed by atoms with Gasteiger partial charge >= 0.3 is 0 Å². The van der Waals surface area contributed by atoms with E-state index in [0.29, 0.717) is 5.92 Å². The molecule has 9 heterocycles. The quantitative estimate of drug-likeness (QED) is 0.0492. The van der Waals surface area contributed by atoms with E-state index in [-0.39, 0.29) is 103 Å². The first-order valence-corrected chi connectivity index (χ1v) is 51.5. The average Bonchev–Trinajstić information content (AvgIpc) is 0.770. The Morgan fingerprint density at radius 2 is 0.397 bits per heavy atom. The molecule has 6 aliphatic heterocycles. The van der Waals surface area contributed by atoms with Crippen LogP contribution in [0.5, 0.6) is 0 Å². The highest BCUT2D eigenvalue weighted by Gasteiger charge is 2.53. The lowest BCUT2D eigenvalue weighted by atomic mass is 9.77. The molecular weight excluding hydrogens is 1560 g/mol. The normalized spacial score (nSPS) is 23.1. The summed E-state index contributed by atoms with van der Waals surface area (Å²) in [4.78, 5) is 86.5. The summed E-state index contributed by atoms with van der Waals surface area (Å²) in [5.41, 5.74) is -0.156. The fourth-order valence-electron chi connectivity index (χ4n) is 24.4. The van der Waals surface area contributed by atoms with Crippen molar-refractivity contribution >= 4 is 41.6 Å². The Balaban J connectivity index is 1.16. The summed E-state index contributed by atoms with van der Waals surface area (Å²) in [6, 6.07) is 1.63. The van der Waals surface area contributed by atoms with Crippen LogP contribution in [-0.4, -0.2) is 272 Å². The molecule has 0 aromatic carbocycles. The Morgan fingerprint density at radius 3 is 0.563 bits per heavy atom. The van der Waals surface area contributed by atoms with Crippen molar-refractivity contribution in [2.45, 2.75) is 516 Å². The van der Waals surface area contributed by atoms with Gasteiger partial charge in [-0.05, 0) is 356 Å². The largest absolute Gasteiger partial charge is 0.343 e. The lowest BCUT2D eigenvalue weighted by Gasteiger charge is -2.56. The molecule has 6 aliphatic rings. The van der Waals surface area contributed by atoms with Gasteiger partial charge in [0.05, 0.1) is 0 Å². The van der Waals surface area contributed by atoms with Gasteiger partial charge in [0, 0.05) is 168 Å². The van der Waals surface area contributed by atoms with Crippen LogP contribution >= 0.6 is 0 Å². The third kappa shape index (κ3) is 25.3. The second kappa shape index (κ2) is 41.9. The van der Waals surface area contributed by atoms with Crippen molar-refractivity contribution in [3.05, 3.63) is 11.6 Å². The van der Waals surface area contributed by atoms with Crippen molar-refractivity contribution in [3.63, 3.8) is 0 Å². The Morgan fingerprint density at radius 1 is 0.238 bits per heavy atom. The van der Waals surface area contributed by atoms with Crippen LogP contribution in [0.3, 0.4) is 0 Å². The molecule has 6 saturated heterocycles. The highest BCUT2D eigenvalue weighted by atomic mass is 15.4. The van der Waals surface area contributed by atoms with Gasteiger partial charge < -0.3 is 34.3 Å². The molecule has 0 spiro atoms. The number of aromatic nitrogens is 9. The molecule has 22 nitrogen and oxygen atoms in total. The van der Waals surface area contributed by atoms with Gasteiger partial charge in [0.1, 0.15) is 11.6 Å². The molecule has 3 aromatic rings. The van der Waals surface area contributed by atoms with Gasteiger partial charge in [-0.15, -0.1) is 0 Å². The average molecular weight is 1750 g/mol. The Hall–Kier alpha value is -4.61. The molecule has 0 unspecified atom stereocenters. The predicted octanol–water partition coefficient (Wildman–Crippen LogP) is 21.7. The van der Waals surface area contributed by atoms with Crippen LogP contribution in [0.15, 0.2) is 0 Å². The van der Waals surface area contributed by atoms with E-state index in [1.165, 1.54) is 0 Å². The molecule has 0 amide bonds. The molecule has 0 aliphatic carbocycles. The van der Waals surface area contributed by atoms with Gasteiger partial charge in [-0.1, -0.05) is 92.9 Å². The lowest BCUT2D eigenvalue weighted by Crippen LogP contribution is -2.63. The number of likely N-dealkylation sites (tertiary alicyclic amines) is 6. The van der Waals surface area contributed by atoms with E-state index >= 15 is 0 Å². The van der Waals surface area contributed by atoms with Crippen molar-refractivity contribution in [2.24, 2.45) is 5.92 Å². The van der Waals surface area contributed by atoms with E-state index in [4.69, 9.17) is 44.9 Å². The van der Waals surface area contributed by atoms with Gasteiger partial charge in [0.15, 0.2) is 0 Å². The highest BCUT2D eigenvalue weighted by molar-refractivity contribution is 5.50. The molecule has 22 heteroatoms. The Bertz CT molecular complexity index is 3390. The van der Waals surface area contributed by atoms with E-state index in [1.54, 1.807) is 0 Å². The molecular formula is C104H196N22. The summed E-state index contributed by atoms with van der Waals surface area (Å²) in [6.07, 6.45) is 33.2. The minimum atomic E-state index is -0.0281. The first-order valence-electron chi connectivity index (χ1n) is 51.5. The molecule has 3 aromatic heterocycles. The van der Waals surface area contributed by atoms with Gasteiger partial charge in [-0.3, -0.25) is 29.4 Å². The van der Waals surface area contributed by atoms with Crippen molar-refractivity contribution in [3.8, 4) is 0 Å². The van der Waals surface area contributed by atoms with Crippen LogP contribution in [0.1, 0.15) is 412 Å². The zero-order valence-electron chi connectivity index (χ0n) is 89.0. The molecule has 0 bridgehead atoms. The highest BCUT2D eigenvalue weighted by Crippen LogP contribution is 2.48. The minimum Gasteiger partial charge on any atom is -0.343 e. The fraction of sp³-hybridized carbons (Fsp3) is 0.913. The predicted molar refractivity (Wildman–Crippen MR) is 539 cm³/mol. The summed E-state index contributed by atoms with van der Waals surface area (Å²) >= 11 is 0. The third-order valence-electron chi connectivity index (χ3n) is 33.7. The van der Waals surface area contributed by atoms with E-state index in [9.17, 15) is 0 Å². The van der Waals surface area contributed by atoms with Gasteiger partial charge in [-0.2, -0.15) is 44.9 Å². The topological polar surface area (TPSA) is 158 Å². The van der Waals surface area contributed by atoms with E-state index < -0.39 is 0 Å². The third-order valence-corrected chi connectivity index (χ3v) is 33.7. The lowest BCUT2D eigenvalue weighted by molar-refractivity contribution is -0.0136. The van der Waals surface area contributed by atoms with Crippen molar-refractivity contribution in [1.29, 1.82) is 0 Å². The Kier molecular flexibility index (Phi) is 34.9. The van der Waals surface area contributed by atoms with Gasteiger partial charge in [0.25, 0.3) is 0 Å². The van der Waals surface area contributed by atoms with Crippen LogP contribution in [-0.2, 0) is 12.8 Å². The van der Waals surface area contributed by atoms with E-state index in [0.717, 1.165) is 305 Å². The molecule has 0 saturated carbocycles. The zero-order chi connectivity index (χ0) is 93.7. The number of piperidine rings is 6. The molecule has 6 fully saturated rings. The minimum absolute atomic E-state index is 0.00541. The van der Waals surface area contributed by atoms with Gasteiger partial charge in [0.2, 0.25) is 41.6 Å². The summed E-state index contributed by atoms with van der Waals surface area (Å²) in [5.74, 6) is 8.18. The van der Waals surface area contributed by atoms with Crippen LogP contribution in [0.4, 0.5) is 41.6 Å². The second-order valence-corrected chi connectivity index (χ2v) is 48.9. The van der Waals surface area contributed by atoms with E-state index in [1.807, 2.05) is 0 Å². The SMILES string of the molecule is CCCCN(c1nc(CCCCC(CCCCc2nc(N(CCCC)C3CC(C)(C)N(C)C(C)(C)C3)nc(N(CCCC)C3CC(C)(C)N(C)C(C)(C)C3)n2)CN(C)c2nc(N(CCCC)C3CC(C)(C)N(C)C(C)(C)C3)nc(N(CCCC)C3CC(C)(C)N(C)C(C)(C)C3)n2)nc(N(CCCC)C2CC(C)(C)N(C)C(C)(C)C2)n1)C1CC(C)(C)N(C)C(C)(C)C1. The maximum atomic E-state index is 5.88. The van der Waals surface area contributed by atoms with Crippen LogP contribution in [0.2, 0.25) is 0 Å².